The number of hydrogen-bond acceptors (Lipinski definition) is 16. The van der Waals surface area contributed by atoms with Crippen molar-refractivity contribution >= 4 is 23.1 Å². The van der Waals surface area contributed by atoms with Crippen molar-refractivity contribution < 1.29 is 79.5 Å². The molecule has 0 amide bonds. The maximum atomic E-state index is 10.9. The second-order valence-electron chi connectivity index (χ2n) is 13.5. The summed E-state index contributed by atoms with van der Waals surface area (Å²) < 4.78 is 29.6. The molecule has 2 fully saturated rings. The number of aromatic hydroxyl groups is 3. The van der Waals surface area contributed by atoms with Gasteiger partial charge in [-0.25, -0.2) is 0 Å². The zero-order valence-electron chi connectivity index (χ0n) is 29.3. The van der Waals surface area contributed by atoms with Gasteiger partial charge in [0.25, 0.3) is 0 Å². The molecular weight excluding hydrogens is 736 g/mol. The number of benzene rings is 4. The average Bonchev–Trinajstić information content (AvgIpc) is 3.58. The number of aliphatic hydroxyl groups is 8. The fourth-order valence-corrected chi connectivity index (χ4v) is 6.67. The zero-order valence-corrected chi connectivity index (χ0v) is 29.3. The molecule has 4 aromatic carbocycles. The molecule has 5 aromatic rings. The molecule has 1 aromatic heterocycles. The van der Waals surface area contributed by atoms with Gasteiger partial charge >= 0.3 is 0 Å². The van der Waals surface area contributed by atoms with Crippen molar-refractivity contribution in [3.63, 3.8) is 0 Å². The van der Waals surface area contributed by atoms with Gasteiger partial charge in [-0.2, -0.15) is 0 Å². The Hall–Kier alpha value is -5.24. The van der Waals surface area contributed by atoms with Crippen LogP contribution in [0.4, 0.5) is 0 Å². The van der Waals surface area contributed by atoms with E-state index < -0.39 is 74.6 Å². The number of fused-ring (bicyclic) bond motifs is 1. The number of aliphatic hydroxyl groups excluding tert-OH is 8. The highest BCUT2D eigenvalue weighted by atomic mass is 16.7. The molecule has 16 heteroatoms. The topological polar surface area (TPSA) is 273 Å². The fourth-order valence-electron chi connectivity index (χ4n) is 6.67. The lowest BCUT2D eigenvalue weighted by molar-refractivity contribution is -0.277. The van der Waals surface area contributed by atoms with E-state index >= 15 is 0 Å². The number of ether oxygens (including phenoxy) is 4. The molecule has 56 heavy (non-hydrogen) atoms. The minimum Gasteiger partial charge on any atom is -0.508 e. The smallest absolute Gasteiger partial charge is 0.229 e. The van der Waals surface area contributed by atoms with Gasteiger partial charge in [-0.15, -0.1) is 0 Å². The standard InChI is InChI=1S/C40H40O16/c41-16-28-32(46)34(48)36(50)39(55-28)52-25-9-5-20(6-10-25)38-30(21-13-23(44)15-24(45)14-21)31-26(53-38)11-19(2-1-18-3-7-22(43)8-4-18)12-27(31)54-40-37(51)35(49)33(47)29(17-42)56-40/h1-15,28-29,32-37,39-51H,16-17H2/b2-1+/t28-,29-,32-,33-,34+,35+,36-,37-,39-,40-/m1/s1. The van der Waals surface area contributed by atoms with Crippen LogP contribution in [0.5, 0.6) is 28.7 Å². The summed E-state index contributed by atoms with van der Waals surface area (Å²) in [6.07, 6.45) is -12.1. The van der Waals surface area contributed by atoms with Gasteiger partial charge in [-0.3, -0.25) is 0 Å². The molecule has 0 radical (unpaired) electrons. The van der Waals surface area contributed by atoms with Crippen molar-refractivity contribution in [3.8, 4) is 51.2 Å². The Morgan fingerprint density at radius 3 is 1.66 bits per heavy atom. The monoisotopic (exact) mass is 776 g/mol. The third-order valence-electron chi connectivity index (χ3n) is 9.64. The molecule has 3 heterocycles. The van der Waals surface area contributed by atoms with Crippen LogP contribution >= 0.6 is 0 Å². The molecule has 0 spiro atoms. The van der Waals surface area contributed by atoms with Gasteiger partial charge in [0.2, 0.25) is 12.6 Å². The van der Waals surface area contributed by atoms with Crippen LogP contribution in [0.25, 0.3) is 45.6 Å². The molecule has 296 valence electrons. The third-order valence-corrected chi connectivity index (χ3v) is 9.64. The van der Waals surface area contributed by atoms with Crippen molar-refractivity contribution in [1.82, 2.24) is 0 Å². The first kappa shape index (κ1) is 39.0. The molecule has 2 saturated heterocycles. The van der Waals surface area contributed by atoms with Crippen LogP contribution in [0.1, 0.15) is 11.1 Å². The van der Waals surface area contributed by atoms with E-state index in [0.717, 1.165) is 11.6 Å². The zero-order chi connectivity index (χ0) is 39.8. The summed E-state index contributed by atoms with van der Waals surface area (Å²) >= 11 is 0. The summed E-state index contributed by atoms with van der Waals surface area (Å²) in [5, 5.41) is 113. The summed E-state index contributed by atoms with van der Waals surface area (Å²) in [4.78, 5) is 0. The number of rotatable bonds is 10. The van der Waals surface area contributed by atoms with Crippen molar-refractivity contribution in [1.29, 1.82) is 0 Å². The Kier molecular flexibility index (Phi) is 11.2. The maximum Gasteiger partial charge on any atom is 0.229 e. The van der Waals surface area contributed by atoms with Gasteiger partial charge in [-0.1, -0.05) is 24.3 Å². The normalized spacial score (nSPS) is 28.1. The predicted octanol–water partition coefficient (Wildman–Crippen LogP) is 1.41. The SMILES string of the molecule is OC[C@H]1O[C@@H](Oc2ccc(-c3oc4cc(/C=C/c5ccc(O)cc5)cc(O[C@@H]5O[C@H](CO)[C@@H](O)[C@H](O)[C@H]5O)c4c3-c3cc(O)cc(O)c3)cc2)[C@H](O)[C@@H](O)[C@@H]1O. The number of hydrogen-bond donors (Lipinski definition) is 11. The van der Waals surface area contributed by atoms with E-state index in [0.29, 0.717) is 16.7 Å². The molecule has 0 saturated carbocycles. The van der Waals surface area contributed by atoms with Gasteiger partial charge in [-0.05, 0) is 77.4 Å². The van der Waals surface area contributed by atoms with Gasteiger partial charge < -0.3 is 79.5 Å². The van der Waals surface area contributed by atoms with E-state index in [1.165, 1.54) is 36.4 Å². The van der Waals surface area contributed by atoms with Gasteiger partial charge in [0.15, 0.2) is 0 Å². The van der Waals surface area contributed by atoms with Crippen LogP contribution in [0, 0.1) is 0 Å². The van der Waals surface area contributed by atoms with E-state index in [9.17, 15) is 56.2 Å². The van der Waals surface area contributed by atoms with Gasteiger partial charge in [0, 0.05) is 17.2 Å². The Morgan fingerprint density at radius 2 is 1.09 bits per heavy atom. The molecule has 7 rings (SSSR count). The van der Waals surface area contributed by atoms with E-state index in [2.05, 4.69) is 0 Å². The van der Waals surface area contributed by atoms with Crippen LogP contribution in [0.15, 0.2) is 83.3 Å². The first-order valence-electron chi connectivity index (χ1n) is 17.5. The lowest BCUT2D eigenvalue weighted by atomic mass is 9.96. The van der Waals surface area contributed by atoms with Crippen LogP contribution in [0.3, 0.4) is 0 Å². The van der Waals surface area contributed by atoms with Crippen LogP contribution in [-0.4, -0.2) is 131 Å². The summed E-state index contributed by atoms with van der Waals surface area (Å²) in [6, 6.07) is 19.8. The molecular formula is C40H40O16. The molecule has 10 atom stereocenters. The summed E-state index contributed by atoms with van der Waals surface area (Å²) in [5.41, 5.74) is 2.46. The predicted molar refractivity (Wildman–Crippen MR) is 196 cm³/mol. The van der Waals surface area contributed by atoms with Crippen molar-refractivity contribution in [2.24, 2.45) is 0 Å². The molecule has 16 nitrogen and oxygen atoms in total. The van der Waals surface area contributed by atoms with Crippen molar-refractivity contribution in [3.05, 3.63) is 90.0 Å². The van der Waals surface area contributed by atoms with Gasteiger partial charge in [0.1, 0.15) is 88.9 Å². The Bertz CT molecular complexity index is 2140. The number of phenolic OH excluding ortho intramolecular Hbond substituents is 3. The van der Waals surface area contributed by atoms with E-state index in [-0.39, 0.29) is 51.0 Å². The Labute approximate surface area is 318 Å². The fraction of sp³-hybridized carbons (Fsp3) is 0.300. The maximum absolute atomic E-state index is 10.9. The lowest BCUT2D eigenvalue weighted by Gasteiger charge is -2.39. The van der Waals surface area contributed by atoms with Crippen LogP contribution in [0.2, 0.25) is 0 Å². The molecule has 11 N–H and O–H groups in total. The summed E-state index contributed by atoms with van der Waals surface area (Å²) in [6.45, 7) is -1.34. The van der Waals surface area contributed by atoms with Crippen molar-refractivity contribution in [2.45, 2.75) is 61.4 Å². The van der Waals surface area contributed by atoms with E-state index in [1.54, 1.807) is 48.6 Å². The van der Waals surface area contributed by atoms with E-state index in [4.69, 9.17) is 23.4 Å². The highest BCUT2D eigenvalue weighted by Gasteiger charge is 2.46. The summed E-state index contributed by atoms with van der Waals surface area (Å²) in [5.74, 6) is -0.0860. The molecule has 0 bridgehead atoms. The molecule has 0 aliphatic carbocycles. The highest BCUT2D eigenvalue weighted by Crippen LogP contribution is 2.48. The summed E-state index contributed by atoms with van der Waals surface area (Å²) in [7, 11) is 0. The first-order chi connectivity index (χ1) is 26.8. The van der Waals surface area contributed by atoms with Crippen LogP contribution < -0.4 is 9.47 Å². The van der Waals surface area contributed by atoms with Crippen LogP contribution in [-0.2, 0) is 9.47 Å². The van der Waals surface area contributed by atoms with Crippen molar-refractivity contribution in [2.75, 3.05) is 13.2 Å². The number of phenols is 3. The quantitative estimate of drug-likeness (QED) is 0.0895. The lowest BCUT2D eigenvalue weighted by Crippen LogP contribution is -2.60. The minimum atomic E-state index is -1.77. The average molecular weight is 777 g/mol. The highest BCUT2D eigenvalue weighted by molar-refractivity contribution is 6.06. The Morgan fingerprint density at radius 1 is 0.536 bits per heavy atom. The molecule has 2 aliphatic rings. The minimum absolute atomic E-state index is 0.0348. The molecule has 0 unspecified atom stereocenters. The second kappa shape index (κ2) is 16.1. The largest absolute Gasteiger partial charge is 0.508 e. The van der Waals surface area contributed by atoms with Gasteiger partial charge in [0.05, 0.1) is 18.6 Å². The number of furan rings is 1. The molecule has 2 aliphatic heterocycles. The van der Waals surface area contributed by atoms with E-state index in [1.807, 2.05) is 0 Å². The third kappa shape index (κ3) is 7.75. The second-order valence-corrected chi connectivity index (χ2v) is 13.5. The first-order valence-corrected chi connectivity index (χ1v) is 17.5. The Balaban J connectivity index is 1.35.